The molecule has 8 heteroatoms. The maximum absolute atomic E-state index is 11.6. The lowest BCUT2D eigenvalue weighted by molar-refractivity contribution is -0.384. The van der Waals surface area contributed by atoms with Crippen molar-refractivity contribution in [2.75, 3.05) is 36.1 Å². The Morgan fingerprint density at radius 1 is 1.19 bits per heavy atom. The minimum atomic E-state index is -3.49. The van der Waals surface area contributed by atoms with E-state index in [4.69, 9.17) is 0 Å². The van der Waals surface area contributed by atoms with Gasteiger partial charge in [-0.3, -0.25) is 10.1 Å². The maximum atomic E-state index is 11.6. The van der Waals surface area contributed by atoms with Crippen LogP contribution in [0.5, 0.6) is 0 Å². The smallest absolute Gasteiger partial charge is 0.293 e. The lowest BCUT2D eigenvalue weighted by Crippen LogP contribution is -2.28. The van der Waals surface area contributed by atoms with Crippen LogP contribution < -0.4 is 10.2 Å². The number of aryl methyl sites for hydroxylation is 1. The lowest BCUT2D eigenvalue weighted by atomic mass is 10.2. The first-order valence-corrected chi connectivity index (χ1v) is 10.2. The van der Waals surface area contributed by atoms with Gasteiger partial charge in [0.05, 0.1) is 9.82 Å². The molecule has 26 heavy (non-hydrogen) atoms. The van der Waals surface area contributed by atoms with Crippen LogP contribution in [0.3, 0.4) is 0 Å². The van der Waals surface area contributed by atoms with Crippen LogP contribution in [-0.2, 0) is 9.84 Å². The molecule has 0 amide bonds. The molecule has 1 N–H and O–H groups in total. The molecule has 0 fully saturated rings. The number of anilines is 2. The second-order valence-corrected chi connectivity index (χ2v) is 8.07. The molecule has 2 aromatic carbocycles. The molecule has 0 aliphatic rings. The van der Waals surface area contributed by atoms with Crippen molar-refractivity contribution in [1.29, 1.82) is 0 Å². The fourth-order valence-corrected chi connectivity index (χ4v) is 3.30. The van der Waals surface area contributed by atoms with E-state index in [-0.39, 0.29) is 10.6 Å². The summed E-state index contributed by atoms with van der Waals surface area (Å²) in [6.07, 6.45) is 1.03. The number of nitrogens with zero attached hydrogens (tertiary/aromatic N) is 2. The van der Waals surface area contributed by atoms with Crippen molar-refractivity contribution < 1.29 is 13.3 Å². The Hall–Kier alpha value is -2.61. The molecule has 0 saturated carbocycles. The number of nitro groups is 1. The fraction of sp³-hybridized carbons (Fsp3) is 0.333. The van der Waals surface area contributed by atoms with Crippen molar-refractivity contribution in [1.82, 2.24) is 0 Å². The van der Waals surface area contributed by atoms with Crippen LogP contribution in [-0.4, -0.2) is 39.2 Å². The summed E-state index contributed by atoms with van der Waals surface area (Å²) in [5.41, 5.74) is 2.33. The summed E-state index contributed by atoms with van der Waals surface area (Å²) in [4.78, 5) is 12.8. The molecule has 2 aromatic rings. The number of rotatable bonds is 8. The number of benzene rings is 2. The topological polar surface area (TPSA) is 92.6 Å². The monoisotopic (exact) mass is 377 g/mol. The first-order valence-electron chi connectivity index (χ1n) is 8.26. The largest absolute Gasteiger partial charge is 0.378 e. The van der Waals surface area contributed by atoms with Crippen LogP contribution >= 0.6 is 0 Å². The molecule has 140 valence electrons. The van der Waals surface area contributed by atoms with Crippen molar-refractivity contribution in [3.05, 3.63) is 58.1 Å². The molecule has 0 saturated heterocycles. The first-order chi connectivity index (χ1) is 12.2. The highest BCUT2D eigenvalue weighted by Gasteiger charge is 2.18. The van der Waals surface area contributed by atoms with E-state index < -0.39 is 14.8 Å². The SMILES string of the molecule is CCN(CCNc1ccc(S(C)(=O)=O)cc1[N+](=O)[O-])c1cccc(C)c1. The Labute approximate surface area is 153 Å². The first kappa shape index (κ1) is 19.7. The zero-order valence-corrected chi connectivity index (χ0v) is 15.9. The molecule has 7 nitrogen and oxygen atoms in total. The lowest BCUT2D eigenvalue weighted by Gasteiger charge is -2.24. The number of hydrogen-bond acceptors (Lipinski definition) is 6. The molecule has 0 aliphatic heterocycles. The minimum Gasteiger partial charge on any atom is -0.378 e. The molecule has 0 aromatic heterocycles. The van der Waals surface area contributed by atoms with Crippen LogP contribution in [0, 0.1) is 17.0 Å². The Morgan fingerprint density at radius 3 is 2.50 bits per heavy atom. The molecule has 0 spiro atoms. The maximum Gasteiger partial charge on any atom is 0.293 e. The zero-order chi connectivity index (χ0) is 19.3. The Bertz CT molecular complexity index is 897. The van der Waals surface area contributed by atoms with E-state index in [1.807, 2.05) is 32.0 Å². The van der Waals surface area contributed by atoms with Gasteiger partial charge in [0.1, 0.15) is 5.69 Å². The van der Waals surface area contributed by atoms with Gasteiger partial charge < -0.3 is 10.2 Å². The van der Waals surface area contributed by atoms with Gasteiger partial charge in [-0.05, 0) is 43.7 Å². The second kappa shape index (κ2) is 8.18. The zero-order valence-electron chi connectivity index (χ0n) is 15.1. The normalized spacial score (nSPS) is 11.2. The van der Waals surface area contributed by atoms with E-state index in [1.54, 1.807) is 0 Å². The van der Waals surface area contributed by atoms with Crippen molar-refractivity contribution >= 4 is 26.9 Å². The number of hydrogen-bond donors (Lipinski definition) is 1. The molecule has 0 radical (unpaired) electrons. The third-order valence-electron chi connectivity index (χ3n) is 4.04. The Morgan fingerprint density at radius 2 is 1.92 bits per heavy atom. The van der Waals surface area contributed by atoms with Gasteiger partial charge in [-0.2, -0.15) is 0 Å². The predicted molar refractivity (Wildman–Crippen MR) is 104 cm³/mol. The summed E-state index contributed by atoms with van der Waals surface area (Å²) in [6.45, 7) is 6.03. The molecule has 0 atom stereocenters. The van der Waals surface area contributed by atoms with Crippen LogP contribution in [0.25, 0.3) is 0 Å². The van der Waals surface area contributed by atoms with Crippen molar-refractivity contribution in [2.24, 2.45) is 0 Å². The van der Waals surface area contributed by atoms with E-state index in [0.717, 1.165) is 24.6 Å². The van der Waals surface area contributed by atoms with E-state index in [1.165, 1.54) is 17.7 Å². The summed E-state index contributed by atoms with van der Waals surface area (Å²) in [7, 11) is -3.49. The Balaban J connectivity index is 2.12. The van der Waals surface area contributed by atoms with E-state index in [9.17, 15) is 18.5 Å². The molecule has 0 heterocycles. The third-order valence-corrected chi connectivity index (χ3v) is 5.15. The van der Waals surface area contributed by atoms with E-state index in [2.05, 4.69) is 16.3 Å². The summed E-state index contributed by atoms with van der Waals surface area (Å²) in [5.74, 6) is 0. The number of likely N-dealkylation sites (N-methyl/N-ethyl adjacent to an activating group) is 1. The summed E-state index contributed by atoms with van der Waals surface area (Å²) in [5, 5.41) is 14.3. The van der Waals surface area contributed by atoms with Gasteiger partial charge >= 0.3 is 0 Å². The number of nitrogens with one attached hydrogen (secondary N) is 1. The van der Waals surface area contributed by atoms with Gasteiger partial charge in [-0.1, -0.05) is 12.1 Å². The van der Waals surface area contributed by atoms with Crippen LogP contribution in [0.1, 0.15) is 12.5 Å². The number of nitro benzene ring substituents is 1. The average molecular weight is 377 g/mol. The molecule has 0 unspecified atom stereocenters. The molecular weight excluding hydrogens is 354 g/mol. The highest BCUT2D eigenvalue weighted by Crippen LogP contribution is 2.27. The average Bonchev–Trinajstić information content (AvgIpc) is 2.57. The van der Waals surface area contributed by atoms with E-state index >= 15 is 0 Å². The van der Waals surface area contributed by atoms with Gasteiger partial charge in [-0.25, -0.2) is 8.42 Å². The molecule has 0 aliphatic carbocycles. The second-order valence-electron chi connectivity index (χ2n) is 6.05. The van der Waals surface area contributed by atoms with E-state index in [0.29, 0.717) is 18.8 Å². The summed E-state index contributed by atoms with van der Waals surface area (Å²) < 4.78 is 23.2. The van der Waals surface area contributed by atoms with Gasteiger partial charge in [0.2, 0.25) is 0 Å². The molecule has 2 rings (SSSR count). The highest BCUT2D eigenvalue weighted by atomic mass is 32.2. The van der Waals surface area contributed by atoms with Crippen molar-refractivity contribution in [3.8, 4) is 0 Å². The standard InChI is InChI=1S/C18H23N3O4S/c1-4-20(15-7-5-6-14(2)12-15)11-10-19-17-9-8-16(26(3,24)25)13-18(17)21(22)23/h5-9,12-13,19H,4,10-11H2,1-3H3. The molecular formula is C18H23N3O4S. The van der Waals surface area contributed by atoms with Gasteiger partial charge in [-0.15, -0.1) is 0 Å². The van der Waals surface area contributed by atoms with Crippen LogP contribution in [0.2, 0.25) is 0 Å². The van der Waals surface area contributed by atoms with Gasteiger partial charge in [0.15, 0.2) is 9.84 Å². The number of sulfone groups is 1. The third kappa shape index (κ3) is 4.95. The Kier molecular flexibility index (Phi) is 6.20. The predicted octanol–water partition coefficient (Wildman–Crippen LogP) is 3.25. The van der Waals surface area contributed by atoms with Gasteiger partial charge in [0.25, 0.3) is 5.69 Å². The van der Waals surface area contributed by atoms with Crippen molar-refractivity contribution in [3.63, 3.8) is 0 Å². The minimum absolute atomic E-state index is 0.0651. The molecule has 0 bridgehead atoms. The highest BCUT2D eigenvalue weighted by molar-refractivity contribution is 7.90. The fourth-order valence-electron chi connectivity index (χ4n) is 2.66. The summed E-state index contributed by atoms with van der Waals surface area (Å²) >= 11 is 0. The quantitative estimate of drug-likeness (QED) is 0.561. The summed E-state index contributed by atoms with van der Waals surface area (Å²) in [6, 6.07) is 12.1. The van der Waals surface area contributed by atoms with Crippen molar-refractivity contribution in [2.45, 2.75) is 18.7 Å². The van der Waals surface area contributed by atoms with Gasteiger partial charge in [0, 0.05) is 37.6 Å². The van der Waals surface area contributed by atoms with Crippen LogP contribution in [0.15, 0.2) is 47.4 Å². The van der Waals surface area contributed by atoms with Crippen LogP contribution in [0.4, 0.5) is 17.1 Å².